The number of carbonyl (C=O) groups is 2. The van der Waals surface area contributed by atoms with Crippen LogP contribution in [0.5, 0.6) is 0 Å². The highest BCUT2D eigenvalue weighted by Crippen LogP contribution is 2.26. The standard InChI is InChI=1S/C27H27ClN2O3/c1-30(26(31)17-10-20-8-13-23(28)14-9-20)24-15-11-21(12-16-24)25(6-2-3-7-27(32)33)22-5-4-18-29-19-22/h4-6,8-9,11-16,18-19H,2-3,7,10,17H2,1H3,(H,32,33). The molecule has 0 saturated carbocycles. The Hall–Kier alpha value is -3.44. The number of hydrogen-bond donors (Lipinski definition) is 1. The van der Waals surface area contributed by atoms with Gasteiger partial charge in [0.05, 0.1) is 0 Å². The van der Waals surface area contributed by atoms with Crippen molar-refractivity contribution in [2.45, 2.75) is 32.1 Å². The Kier molecular flexibility index (Phi) is 8.79. The summed E-state index contributed by atoms with van der Waals surface area (Å²) in [4.78, 5) is 29.4. The van der Waals surface area contributed by atoms with Gasteiger partial charge in [-0.2, -0.15) is 0 Å². The smallest absolute Gasteiger partial charge is 0.303 e. The number of nitrogens with zero attached hydrogens (tertiary/aromatic N) is 2. The van der Waals surface area contributed by atoms with Gasteiger partial charge in [-0.25, -0.2) is 0 Å². The van der Waals surface area contributed by atoms with Gasteiger partial charge in [0.25, 0.3) is 0 Å². The van der Waals surface area contributed by atoms with Crippen molar-refractivity contribution in [2.24, 2.45) is 0 Å². The van der Waals surface area contributed by atoms with Gasteiger partial charge in [-0.05, 0) is 66.3 Å². The average molecular weight is 463 g/mol. The Bertz CT molecular complexity index is 1090. The van der Waals surface area contributed by atoms with Crippen LogP contribution in [0.2, 0.25) is 5.02 Å². The van der Waals surface area contributed by atoms with E-state index in [-0.39, 0.29) is 12.3 Å². The van der Waals surface area contributed by atoms with Crippen molar-refractivity contribution in [2.75, 3.05) is 11.9 Å². The minimum absolute atomic E-state index is 0.0365. The highest BCUT2D eigenvalue weighted by atomic mass is 35.5. The molecule has 0 fully saturated rings. The maximum Gasteiger partial charge on any atom is 0.303 e. The molecule has 0 spiro atoms. The van der Waals surface area contributed by atoms with Crippen molar-refractivity contribution in [1.29, 1.82) is 0 Å². The number of carboxylic acids is 1. The van der Waals surface area contributed by atoms with E-state index in [0.717, 1.165) is 28.0 Å². The zero-order chi connectivity index (χ0) is 23.6. The molecule has 1 amide bonds. The summed E-state index contributed by atoms with van der Waals surface area (Å²) in [6, 6.07) is 19.2. The van der Waals surface area contributed by atoms with Gasteiger partial charge in [0, 0.05) is 48.6 Å². The fraction of sp³-hybridized carbons (Fsp3) is 0.222. The number of hydrogen-bond acceptors (Lipinski definition) is 3. The number of allylic oxidation sites excluding steroid dienone is 1. The third-order valence-electron chi connectivity index (χ3n) is 5.40. The van der Waals surface area contributed by atoms with Crippen molar-refractivity contribution in [1.82, 2.24) is 4.98 Å². The lowest BCUT2D eigenvalue weighted by molar-refractivity contribution is -0.137. The number of rotatable bonds is 10. The number of aryl methyl sites for hydroxylation is 1. The molecule has 170 valence electrons. The van der Waals surface area contributed by atoms with Gasteiger partial charge in [-0.1, -0.05) is 48.0 Å². The number of halogens is 1. The van der Waals surface area contributed by atoms with Gasteiger partial charge in [0.15, 0.2) is 0 Å². The Balaban J connectivity index is 1.69. The summed E-state index contributed by atoms with van der Waals surface area (Å²) < 4.78 is 0. The molecule has 3 rings (SSSR count). The number of unbranched alkanes of at least 4 members (excludes halogenated alkanes) is 1. The molecule has 0 saturated heterocycles. The van der Waals surface area contributed by atoms with Crippen molar-refractivity contribution in [3.05, 3.63) is 101 Å². The zero-order valence-electron chi connectivity index (χ0n) is 18.6. The van der Waals surface area contributed by atoms with E-state index in [1.807, 2.05) is 60.7 Å². The highest BCUT2D eigenvalue weighted by Gasteiger charge is 2.12. The molecule has 0 bridgehead atoms. The summed E-state index contributed by atoms with van der Waals surface area (Å²) in [6.07, 6.45) is 7.99. The predicted molar refractivity (Wildman–Crippen MR) is 132 cm³/mol. The van der Waals surface area contributed by atoms with Crippen LogP contribution in [0.1, 0.15) is 42.4 Å². The lowest BCUT2D eigenvalue weighted by atomic mass is 9.97. The molecule has 3 aromatic rings. The molecule has 1 aromatic heterocycles. The molecular weight excluding hydrogens is 436 g/mol. The van der Waals surface area contributed by atoms with E-state index >= 15 is 0 Å². The molecule has 0 aliphatic carbocycles. The van der Waals surface area contributed by atoms with Crippen LogP contribution in [0.4, 0.5) is 5.69 Å². The van der Waals surface area contributed by atoms with E-state index in [0.29, 0.717) is 30.7 Å². The van der Waals surface area contributed by atoms with E-state index in [9.17, 15) is 9.59 Å². The molecule has 5 nitrogen and oxygen atoms in total. The van der Waals surface area contributed by atoms with Gasteiger partial charge in [-0.3, -0.25) is 14.6 Å². The number of aromatic nitrogens is 1. The summed E-state index contributed by atoms with van der Waals surface area (Å²) in [6.45, 7) is 0. The lowest BCUT2D eigenvalue weighted by Gasteiger charge is -2.18. The minimum Gasteiger partial charge on any atom is -0.481 e. The van der Waals surface area contributed by atoms with Gasteiger partial charge in [0.2, 0.25) is 5.91 Å². The Morgan fingerprint density at radius 3 is 2.36 bits per heavy atom. The maximum atomic E-state index is 12.7. The van der Waals surface area contributed by atoms with Gasteiger partial charge < -0.3 is 10.0 Å². The normalized spacial score (nSPS) is 11.3. The summed E-state index contributed by atoms with van der Waals surface area (Å²) in [7, 11) is 1.78. The van der Waals surface area contributed by atoms with E-state index in [1.165, 1.54) is 0 Å². The van der Waals surface area contributed by atoms with Crippen molar-refractivity contribution in [3.63, 3.8) is 0 Å². The molecule has 0 aliphatic rings. The van der Waals surface area contributed by atoms with E-state index in [1.54, 1.807) is 24.3 Å². The van der Waals surface area contributed by atoms with Crippen LogP contribution in [-0.4, -0.2) is 29.0 Å². The van der Waals surface area contributed by atoms with Crippen LogP contribution in [-0.2, 0) is 16.0 Å². The first-order valence-electron chi connectivity index (χ1n) is 10.9. The van der Waals surface area contributed by atoms with E-state index in [2.05, 4.69) is 11.1 Å². The largest absolute Gasteiger partial charge is 0.481 e. The van der Waals surface area contributed by atoms with Crippen LogP contribution in [0, 0.1) is 0 Å². The SMILES string of the molecule is CN(C(=O)CCc1ccc(Cl)cc1)c1ccc(C(=CCCCC(=O)O)c2cccnc2)cc1. The lowest BCUT2D eigenvalue weighted by Crippen LogP contribution is -2.26. The Morgan fingerprint density at radius 2 is 1.73 bits per heavy atom. The fourth-order valence-corrected chi connectivity index (χ4v) is 3.63. The molecule has 33 heavy (non-hydrogen) atoms. The van der Waals surface area contributed by atoms with Gasteiger partial charge in [0.1, 0.15) is 0 Å². The number of carbonyl (C=O) groups excluding carboxylic acids is 1. The van der Waals surface area contributed by atoms with Crippen molar-refractivity contribution in [3.8, 4) is 0 Å². The quantitative estimate of drug-likeness (QED) is 0.374. The molecule has 1 heterocycles. The molecule has 6 heteroatoms. The zero-order valence-corrected chi connectivity index (χ0v) is 19.3. The molecule has 2 aromatic carbocycles. The second-order valence-corrected chi connectivity index (χ2v) is 8.21. The van der Waals surface area contributed by atoms with E-state index < -0.39 is 5.97 Å². The fourth-order valence-electron chi connectivity index (χ4n) is 3.50. The summed E-state index contributed by atoms with van der Waals surface area (Å²) >= 11 is 5.92. The summed E-state index contributed by atoms with van der Waals surface area (Å²) in [5.74, 6) is -0.756. The maximum absolute atomic E-state index is 12.7. The number of aliphatic carboxylic acids is 1. The predicted octanol–water partition coefficient (Wildman–Crippen LogP) is 6.02. The number of benzene rings is 2. The number of anilines is 1. The van der Waals surface area contributed by atoms with Gasteiger partial charge >= 0.3 is 5.97 Å². The molecule has 0 aliphatic heterocycles. The first-order chi connectivity index (χ1) is 15.9. The van der Waals surface area contributed by atoms with Crippen LogP contribution < -0.4 is 4.90 Å². The van der Waals surface area contributed by atoms with Crippen LogP contribution >= 0.6 is 11.6 Å². The average Bonchev–Trinajstić information content (AvgIpc) is 2.83. The molecule has 0 unspecified atom stereocenters. The van der Waals surface area contributed by atoms with Crippen LogP contribution in [0.3, 0.4) is 0 Å². The number of pyridine rings is 1. The molecular formula is C27H27ClN2O3. The molecule has 0 atom stereocenters. The topological polar surface area (TPSA) is 70.5 Å². The Labute approximate surface area is 199 Å². The minimum atomic E-state index is -0.792. The third kappa shape index (κ3) is 7.29. The van der Waals surface area contributed by atoms with Crippen LogP contribution in [0.25, 0.3) is 5.57 Å². The van der Waals surface area contributed by atoms with Gasteiger partial charge in [-0.15, -0.1) is 0 Å². The summed E-state index contributed by atoms with van der Waals surface area (Å²) in [5, 5.41) is 9.57. The second kappa shape index (κ2) is 12.0. The monoisotopic (exact) mass is 462 g/mol. The van der Waals surface area contributed by atoms with Crippen molar-refractivity contribution < 1.29 is 14.7 Å². The first-order valence-corrected chi connectivity index (χ1v) is 11.3. The van der Waals surface area contributed by atoms with Crippen LogP contribution in [0.15, 0.2) is 79.1 Å². The first kappa shape index (κ1) is 24.2. The number of carboxylic acid groups (broad SMARTS) is 1. The summed E-state index contributed by atoms with van der Waals surface area (Å²) in [5.41, 5.74) is 4.84. The van der Waals surface area contributed by atoms with Crippen molar-refractivity contribution >= 4 is 34.7 Å². The molecule has 0 radical (unpaired) electrons. The molecule has 1 N–H and O–H groups in total. The van der Waals surface area contributed by atoms with E-state index in [4.69, 9.17) is 16.7 Å². The highest BCUT2D eigenvalue weighted by molar-refractivity contribution is 6.30. The number of amides is 1. The Morgan fingerprint density at radius 1 is 1.00 bits per heavy atom. The third-order valence-corrected chi connectivity index (χ3v) is 5.65. The second-order valence-electron chi connectivity index (χ2n) is 7.77.